The zero-order valence-corrected chi connectivity index (χ0v) is 11.4. The SMILES string of the molecule is CCC(N)CS(=O)(=O)c1cc(Cl)ccc1OC. The summed E-state index contributed by atoms with van der Waals surface area (Å²) in [5.41, 5.74) is 5.67. The summed E-state index contributed by atoms with van der Waals surface area (Å²) in [5.74, 6) is 0.179. The summed E-state index contributed by atoms with van der Waals surface area (Å²) in [7, 11) is -2.05. The average molecular weight is 278 g/mol. The van der Waals surface area contributed by atoms with Gasteiger partial charge in [0.05, 0.1) is 12.9 Å². The van der Waals surface area contributed by atoms with Crippen molar-refractivity contribution in [3.63, 3.8) is 0 Å². The van der Waals surface area contributed by atoms with Crippen LogP contribution in [0.15, 0.2) is 23.1 Å². The third-order valence-corrected chi connectivity index (χ3v) is 4.51. The lowest BCUT2D eigenvalue weighted by Gasteiger charge is -2.12. The van der Waals surface area contributed by atoms with E-state index >= 15 is 0 Å². The maximum absolute atomic E-state index is 12.1. The van der Waals surface area contributed by atoms with Gasteiger partial charge in [-0.05, 0) is 24.6 Å². The maximum Gasteiger partial charge on any atom is 0.183 e. The first-order chi connectivity index (χ1) is 7.90. The lowest BCUT2D eigenvalue weighted by Crippen LogP contribution is -2.29. The summed E-state index contributed by atoms with van der Waals surface area (Å²) in [6.45, 7) is 1.84. The molecule has 1 aromatic rings. The second kappa shape index (κ2) is 5.71. The molecule has 17 heavy (non-hydrogen) atoms. The van der Waals surface area contributed by atoms with Crippen molar-refractivity contribution >= 4 is 21.4 Å². The van der Waals surface area contributed by atoms with Gasteiger partial charge in [0.1, 0.15) is 10.6 Å². The molecule has 96 valence electrons. The number of halogens is 1. The molecule has 1 rings (SSSR count). The van der Waals surface area contributed by atoms with Gasteiger partial charge in [-0.15, -0.1) is 0 Å². The van der Waals surface area contributed by atoms with E-state index in [-0.39, 0.29) is 22.4 Å². The standard InChI is InChI=1S/C11H16ClNO3S/c1-3-9(13)7-17(14,15)11-6-8(12)4-5-10(11)16-2/h4-6,9H,3,7,13H2,1-2H3. The summed E-state index contributed by atoms with van der Waals surface area (Å²) in [6.07, 6.45) is 0.599. The van der Waals surface area contributed by atoms with Gasteiger partial charge in [-0.25, -0.2) is 8.42 Å². The number of benzene rings is 1. The maximum atomic E-state index is 12.1. The van der Waals surface area contributed by atoms with Crippen molar-refractivity contribution in [3.05, 3.63) is 23.2 Å². The Labute approximate surface area is 107 Å². The summed E-state index contributed by atoms with van der Waals surface area (Å²) in [5, 5.41) is 0.356. The first kappa shape index (κ1) is 14.3. The van der Waals surface area contributed by atoms with Crippen LogP contribution in [0.4, 0.5) is 0 Å². The smallest absolute Gasteiger partial charge is 0.183 e. The van der Waals surface area contributed by atoms with Crippen LogP contribution in [0.25, 0.3) is 0 Å². The molecule has 6 heteroatoms. The zero-order chi connectivity index (χ0) is 13.1. The molecule has 1 unspecified atom stereocenters. The second-order valence-electron chi connectivity index (χ2n) is 3.74. The number of ether oxygens (including phenoxy) is 1. The van der Waals surface area contributed by atoms with E-state index in [1.807, 2.05) is 6.92 Å². The van der Waals surface area contributed by atoms with Crippen LogP contribution >= 0.6 is 11.6 Å². The van der Waals surface area contributed by atoms with Crippen LogP contribution in [0.2, 0.25) is 5.02 Å². The Morgan fingerprint density at radius 1 is 1.47 bits per heavy atom. The number of sulfone groups is 1. The Morgan fingerprint density at radius 2 is 2.12 bits per heavy atom. The third kappa shape index (κ3) is 3.59. The molecule has 0 radical (unpaired) electrons. The lowest BCUT2D eigenvalue weighted by molar-refractivity contribution is 0.402. The normalized spacial score (nSPS) is 13.4. The van der Waals surface area contributed by atoms with E-state index in [1.54, 1.807) is 6.07 Å². The first-order valence-electron chi connectivity index (χ1n) is 5.22. The minimum absolute atomic E-state index is 0.0939. The van der Waals surface area contributed by atoms with Crippen LogP contribution in [-0.2, 0) is 9.84 Å². The fourth-order valence-corrected chi connectivity index (χ4v) is 3.36. The van der Waals surface area contributed by atoms with E-state index in [1.165, 1.54) is 19.2 Å². The quantitative estimate of drug-likeness (QED) is 0.892. The van der Waals surface area contributed by atoms with Crippen molar-refractivity contribution in [2.24, 2.45) is 5.73 Å². The van der Waals surface area contributed by atoms with Crippen LogP contribution in [0.5, 0.6) is 5.75 Å². The van der Waals surface area contributed by atoms with Gasteiger partial charge in [0.25, 0.3) is 0 Å². The number of hydrogen-bond donors (Lipinski definition) is 1. The van der Waals surface area contributed by atoms with Crippen LogP contribution in [0.3, 0.4) is 0 Å². The summed E-state index contributed by atoms with van der Waals surface area (Å²) in [6, 6.07) is 4.12. The highest BCUT2D eigenvalue weighted by atomic mass is 35.5. The van der Waals surface area contributed by atoms with Crippen molar-refractivity contribution in [2.75, 3.05) is 12.9 Å². The van der Waals surface area contributed by atoms with Gasteiger partial charge in [0.2, 0.25) is 0 Å². The van der Waals surface area contributed by atoms with Gasteiger partial charge in [0.15, 0.2) is 9.84 Å². The minimum atomic E-state index is -3.47. The molecule has 0 aliphatic carbocycles. The molecule has 1 atom stereocenters. The highest BCUT2D eigenvalue weighted by Gasteiger charge is 2.22. The van der Waals surface area contributed by atoms with Gasteiger partial charge in [-0.2, -0.15) is 0 Å². The van der Waals surface area contributed by atoms with Crippen LogP contribution in [0, 0.1) is 0 Å². The largest absolute Gasteiger partial charge is 0.495 e. The summed E-state index contributed by atoms with van der Waals surface area (Å²) in [4.78, 5) is 0.0939. The topological polar surface area (TPSA) is 69.4 Å². The van der Waals surface area contributed by atoms with E-state index < -0.39 is 9.84 Å². The minimum Gasteiger partial charge on any atom is -0.495 e. The fraction of sp³-hybridized carbons (Fsp3) is 0.455. The molecule has 0 aliphatic heterocycles. The molecule has 0 heterocycles. The molecule has 0 spiro atoms. The Morgan fingerprint density at radius 3 is 2.65 bits per heavy atom. The predicted molar refractivity (Wildman–Crippen MR) is 68.3 cm³/mol. The molecule has 0 aliphatic rings. The molecule has 0 saturated carbocycles. The number of nitrogens with two attached hydrogens (primary N) is 1. The average Bonchev–Trinajstić information content (AvgIpc) is 2.28. The van der Waals surface area contributed by atoms with E-state index in [9.17, 15) is 8.42 Å². The van der Waals surface area contributed by atoms with Gasteiger partial charge in [0, 0.05) is 11.1 Å². The Bertz CT molecular complexity index is 487. The fourth-order valence-electron chi connectivity index (χ4n) is 1.38. The number of hydrogen-bond acceptors (Lipinski definition) is 4. The van der Waals surface area contributed by atoms with Crippen LogP contribution in [-0.4, -0.2) is 27.3 Å². The Hall–Kier alpha value is -0.780. The highest BCUT2D eigenvalue weighted by Crippen LogP contribution is 2.28. The van der Waals surface area contributed by atoms with Gasteiger partial charge >= 0.3 is 0 Å². The molecule has 0 fully saturated rings. The van der Waals surface area contributed by atoms with Crippen molar-refractivity contribution in [1.82, 2.24) is 0 Å². The molecule has 0 aromatic heterocycles. The summed E-state index contributed by atoms with van der Waals surface area (Å²) >= 11 is 5.80. The van der Waals surface area contributed by atoms with Crippen molar-refractivity contribution in [2.45, 2.75) is 24.3 Å². The molecular weight excluding hydrogens is 262 g/mol. The number of methoxy groups -OCH3 is 1. The lowest BCUT2D eigenvalue weighted by atomic mass is 10.3. The Balaban J connectivity index is 3.18. The molecule has 1 aromatic carbocycles. The van der Waals surface area contributed by atoms with Gasteiger partial charge in [-0.3, -0.25) is 0 Å². The molecule has 2 N–H and O–H groups in total. The van der Waals surface area contributed by atoms with E-state index in [0.29, 0.717) is 11.4 Å². The van der Waals surface area contributed by atoms with E-state index in [2.05, 4.69) is 0 Å². The van der Waals surface area contributed by atoms with Gasteiger partial charge < -0.3 is 10.5 Å². The zero-order valence-electron chi connectivity index (χ0n) is 9.81. The second-order valence-corrected chi connectivity index (χ2v) is 6.18. The van der Waals surface area contributed by atoms with Crippen LogP contribution in [0.1, 0.15) is 13.3 Å². The first-order valence-corrected chi connectivity index (χ1v) is 7.25. The monoisotopic (exact) mass is 277 g/mol. The van der Waals surface area contributed by atoms with Crippen molar-refractivity contribution in [3.8, 4) is 5.75 Å². The van der Waals surface area contributed by atoms with E-state index in [4.69, 9.17) is 22.1 Å². The number of rotatable bonds is 5. The molecule has 0 saturated heterocycles. The van der Waals surface area contributed by atoms with Crippen molar-refractivity contribution in [1.29, 1.82) is 0 Å². The Kier molecular flexibility index (Phi) is 4.80. The van der Waals surface area contributed by atoms with Crippen LogP contribution < -0.4 is 10.5 Å². The third-order valence-electron chi connectivity index (χ3n) is 2.42. The van der Waals surface area contributed by atoms with E-state index in [0.717, 1.165) is 0 Å². The highest BCUT2D eigenvalue weighted by molar-refractivity contribution is 7.91. The van der Waals surface area contributed by atoms with Crippen molar-refractivity contribution < 1.29 is 13.2 Å². The molecular formula is C11H16ClNO3S. The molecule has 0 bridgehead atoms. The molecule has 4 nitrogen and oxygen atoms in total. The summed E-state index contributed by atoms with van der Waals surface area (Å²) < 4.78 is 29.3. The predicted octanol–water partition coefficient (Wildman–Crippen LogP) is 1.86. The van der Waals surface area contributed by atoms with Gasteiger partial charge in [-0.1, -0.05) is 18.5 Å². The molecule has 0 amide bonds.